The van der Waals surface area contributed by atoms with E-state index in [1.807, 2.05) is 0 Å². The predicted octanol–water partition coefficient (Wildman–Crippen LogP) is 1.75. The molecule has 0 atom stereocenters. The minimum absolute atomic E-state index is 0.0183. The van der Waals surface area contributed by atoms with Gasteiger partial charge in [-0.2, -0.15) is 0 Å². The molecule has 1 saturated heterocycles. The zero-order chi connectivity index (χ0) is 25.6. The van der Waals surface area contributed by atoms with Gasteiger partial charge in [-0.3, -0.25) is 0 Å². The van der Waals surface area contributed by atoms with E-state index >= 15 is 0 Å². The summed E-state index contributed by atoms with van der Waals surface area (Å²) in [5.74, 6) is -0.490. The molecule has 22 heavy (non-hydrogen) atoms. The van der Waals surface area contributed by atoms with Crippen LogP contribution in [0.2, 0.25) is 0 Å². The first-order valence-electron chi connectivity index (χ1n) is 12.5. The van der Waals surface area contributed by atoms with Gasteiger partial charge in [0.2, 0.25) is 0 Å². The summed E-state index contributed by atoms with van der Waals surface area (Å²) in [7, 11) is 0.946. The molecule has 5 heteroatoms. The van der Waals surface area contributed by atoms with Crippen LogP contribution in [-0.2, 0) is 0 Å². The number of hydrogen-bond acceptors (Lipinski definition) is 5. The van der Waals surface area contributed by atoms with E-state index in [-0.39, 0.29) is 20.5 Å². The van der Waals surface area contributed by atoms with Crippen LogP contribution in [0.1, 0.15) is 21.3 Å². The third kappa shape index (κ3) is 2.40. The van der Waals surface area contributed by atoms with Gasteiger partial charge in [-0.25, -0.2) is 4.99 Å². The molecule has 0 radical (unpaired) electrons. The summed E-state index contributed by atoms with van der Waals surface area (Å²) in [4.78, 5) is 4.72. The molecule has 0 aliphatic carbocycles. The summed E-state index contributed by atoms with van der Waals surface area (Å²) >= 11 is 0.667. The van der Waals surface area contributed by atoms with Gasteiger partial charge in [0.05, 0.1) is 23.4 Å². The molecule has 2 aromatic rings. The maximum atomic E-state index is 8.59. The fourth-order valence-electron chi connectivity index (χ4n) is 2.14. The van der Waals surface area contributed by atoms with Crippen molar-refractivity contribution in [3.8, 4) is 0 Å². The van der Waals surface area contributed by atoms with Gasteiger partial charge in [-0.15, -0.1) is 11.3 Å². The highest BCUT2D eigenvalue weighted by Gasteiger charge is 2.20. The molecule has 0 bridgehead atoms. The second kappa shape index (κ2) is 5.41. The Labute approximate surface area is 151 Å². The van der Waals surface area contributed by atoms with Gasteiger partial charge in [0.15, 0.2) is 0 Å². The highest BCUT2D eigenvalue weighted by Crippen LogP contribution is 2.27. The Morgan fingerprint density at radius 3 is 2.95 bits per heavy atom. The number of thiophene rings is 1. The average molecular weight is 325 g/mol. The second-order valence-electron chi connectivity index (χ2n) is 4.68. The van der Waals surface area contributed by atoms with Gasteiger partial charge in [0.25, 0.3) is 0 Å². The molecule has 0 spiro atoms. The molecule has 1 N–H and O–H groups in total. The quantitative estimate of drug-likeness (QED) is 0.867. The number of piperazine rings is 1. The number of aryl methyl sites for hydroxylation is 1. The van der Waals surface area contributed by atoms with Crippen molar-refractivity contribution in [1.82, 2.24) is 9.80 Å². The molecular weight excluding hydrogens is 292 g/mol. The predicted molar refractivity (Wildman–Crippen MR) is 92.0 cm³/mol. The molecule has 4 nitrogen and oxygen atoms in total. The summed E-state index contributed by atoms with van der Waals surface area (Å²) in [5.41, 5.74) is 0.570. The Hall–Kier alpha value is -1.85. The van der Waals surface area contributed by atoms with Crippen LogP contribution in [0.5, 0.6) is 0 Å². The minimum atomic E-state index is -3.18. The molecule has 1 aromatic carbocycles. The largest absolute Gasteiger partial charge is 0.355 e. The summed E-state index contributed by atoms with van der Waals surface area (Å²) in [6.07, 6.45) is 0. The van der Waals surface area contributed by atoms with Crippen LogP contribution in [0.3, 0.4) is 0 Å². The van der Waals surface area contributed by atoms with Crippen LogP contribution in [0.25, 0.3) is 5.82 Å². The van der Waals surface area contributed by atoms with Crippen molar-refractivity contribution in [1.29, 1.82) is 0 Å². The lowest BCUT2D eigenvalue weighted by molar-refractivity contribution is 0.206. The maximum absolute atomic E-state index is 8.59. The Bertz CT molecular complexity index is 1250. The molecule has 2 aliphatic heterocycles. The van der Waals surface area contributed by atoms with Crippen LogP contribution in [0.15, 0.2) is 35.3 Å². The molecule has 2 aliphatic rings. The van der Waals surface area contributed by atoms with Crippen molar-refractivity contribution in [3.63, 3.8) is 0 Å². The maximum Gasteiger partial charge on any atom is 0.127 e. The van der Waals surface area contributed by atoms with E-state index in [0.29, 0.717) is 26.8 Å². The Balaban J connectivity index is 2.17. The number of fused-ring (bicyclic) bond motifs is 2. The smallest absolute Gasteiger partial charge is 0.127 e. The van der Waals surface area contributed by atoms with Crippen LogP contribution < -0.4 is 15.2 Å². The summed E-state index contributed by atoms with van der Waals surface area (Å²) in [5, 5.41) is 2.56. The van der Waals surface area contributed by atoms with E-state index in [2.05, 4.69) is 10.3 Å². The third-order valence-corrected chi connectivity index (χ3v) is 3.94. The lowest BCUT2D eigenvalue weighted by atomic mass is 10.2. The molecular formula is C17H20N4S. The number of benzene rings is 1. The summed E-state index contributed by atoms with van der Waals surface area (Å²) < 4.78 is 99.6. The topological polar surface area (TPSA) is 30.9 Å². The number of anilines is 1. The summed E-state index contributed by atoms with van der Waals surface area (Å²) in [6.45, 7) is -15.1. The first kappa shape index (κ1) is 5.98. The first-order chi connectivity index (χ1) is 15.4. The van der Waals surface area contributed by atoms with Crippen LogP contribution in [0.4, 0.5) is 11.4 Å². The fraction of sp³-hybridized carbons (Fsp3) is 0.353. The number of rotatable bonds is 1. The third-order valence-electron chi connectivity index (χ3n) is 3.15. The van der Waals surface area contributed by atoms with Gasteiger partial charge in [-0.1, -0.05) is 12.1 Å². The average Bonchev–Trinajstić information content (AvgIpc) is 2.93. The van der Waals surface area contributed by atoms with Crippen molar-refractivity contribution in [2.75, 3.05) is 38.4 Å². The van der Waals surface area contributed by atoms with E-state index in [1.165, 1.54) is 0 Å². The van der Waals surface area contributed by atoms with E-state index in [9.17, 15) is 0 Å². The molecule has 0 unspecified atom stereocenters. The highest BCUT2D eigenvalue weighted by molar-refractivity contribution is 7.09. The number of para-hydroxylation sites is 2. The number of nitrogens with one attached hydrogen (secondary N) is 1. The lowest BCUT2D eigenvalue weighted by Gasteiger charge is -2.35. The fourth-order valence-corrected chi connectivity index (χ4v) is 2.88. The molecule has 0 saturated carbocycles. The lowest BCUT2D eigenvalue weighted by Crippen LogP contribution is -2.47. The van der Waals surface area contributed by atoms with Gasteiger partial charge in [0, 0.05) is 40.5 Å². The van der Waals surface area contributed by atoms with Crippen LogP contribution in [0, 0.1) is 6.85 Å². The van der Waals surface area contributed by atoms with E-state index in [0.717, 1.165) is 7.05 Å². The molecule has 0 amide bonds. The summed E-state index contributed by atoms with van der Waals surface area (Å²) in [6, 6.07) is 5.86. The zero-order valence-corrected chi connectivity index (χ0v) is 12.4. The van der Waals surface area contributed by atoms with E-state index < -0.39 is 44.7 Å². The van der Waals surface area contributed by atoms with Crippen molar-refractivity contribution < 1.29 is 16.4 Å². The van der Waals surface area contributed by atoms with Crippen LogP contribution in [-0.4, -0.2) is 42.8 Å². The van der Waals surface area contributed by atoms with Crippen molar-refractivity contribution in [2.45, 2.75) is 6.85 Å². The SMILES string of the molecule is [2H]c1c(C([2H])([2H])[2H])sc2c1=C(N1C([2H])([2H])C([2H])([2H])N(C)C([2H])([2H])C1([2H])[2H])Nc1ccccc1N=2. The van der Waals surface area contributed by atoms with E-state index in [4.69, 9.17) is 16.4 Å². The highest BCUT2D eigenvalue weighted by atomic mass is 32.1. The van der Waals surface area contributed by atoms with Crippen molar-refractivity contribution in [3.05, 3.63) is 45.1 Å². The van der Waals surface area contributed by atoms with E-state index in [1.54, 1.807) is 24.3 Å². The molecule has 114 valence electrons. The van der Waals surface area contributed by atoms with Gasteiger partial charge < -0.3 is 15.1 Å². The Morgan fingerprint density at radius 1 is 1.32 bits per heavy atom. The number of nitrogens with zero attached hydrogens (tertiary/aromatic N) is 3. The minimum Gasteiger partial charge on any atom is -0.355 e. The monoisotopic (exact) mass is 324 g/mol. The standard InChI is InChI=1S/C17H20N4S/c1-12-11-13-16(21-9-7-20(2)8-10-21)18-14-5-3-4-6-15(14)19-17(13)22-12/h3-6,11,18H,7-10H2,1-2H3/i1D3,7D2,8D2,9D2,10D2,11D. The van der Waals surface area contributed by atoms with Crippen LogP contribution >= 0.6 is 11.3 Å². The Morgan fingerprint density at radius 2 is 2.14 bits per heavy atom. The molecule has 1 aromatic heterocycles. The van der Waals surface area contributed by atoms with Crippen molar-refractivity contribution >= 4 is 28.5 Å². The number of likely N-dealkylation sites (N-methyl/N-ethyl adjacent to an activating group) is 1. The zero-order valence-electron chi connectivity index (χ0n) is 23.6. The van der Waals surface area contributed by atoms with Gasteiger partial charge in [0.1, 0.15) is 10.5 Å². The van der Waals surface area contributed by atoms with Gasteiger partial charge in [-0.05, 0) is 32.1 Å². The molecule has 3 heterocycles. The molecule has 4 rings (SSSR count). The first-order valence-corrected chi connectivity index (χ1v) is 7.31. The molecule has 1 fully saturated rings. The number of hydrogen-bond donors (Lipinski definition) is 1. The van der Waals surface area contributed by atoms with Gasteiger partial charge >= 0.3 is 0 Å². The Kier molecular flexibility index (Phi) is 1.47. The normalized spacial score (nSPS) is 35.9. The second-order valence-corrected chi connectivity index (χ2v) is 5.68. The van der Waals surface area contributed by atoms with Crippen molar-refractivity contribution in [2.24, 2.45) is 4.99 Å².